The fraction of sp³-hybridized carbons (Fsp3) is 1.00. The lowest BCUT2D eigenvalue weighted by molar-refractivity contribution is 0.185. The van der Waals surface area contributed by atoms with Gasteiger partial charge < -0.3 is 4.98 Å². The summed E-state index contributed by atoms with van der Waals surface area (Å²) in [7, 11) is -1.33. The molecule has 0 aliphatic heterocycles. The van der Waals surface area contributed by atoms with Crippen LogP contribution in [0.4, 0.5) is 0 Å². The molecule has 2 heteroatoms. The molecule has 1 aliphatic carbocycles. The lowest BCUT2D eigenvalue weighted by Gasteiger charge is -2.47. The molecule has 1 aliphatic rings. The molecule has 16 heavy (non-hydrogen) atoms. The SMILES string of the molecule is CC1(C)CCCCC1N[Si](C)(C)C(C)(C)C. The zero-order valence-corrected chi connectivity index (χ0v) is 13.4. The molecule has 0 aromatic heterocycles. The van der Waals surface area contributed by atoms with Crippen LogP contribution in [0.1, 0.15) is 60.3 Å². The van der Waals surface area contributed by atoms with Gasteiger partial charge in [0.05, 0.1) is 0 Å². The van der Waals surface area contributed by atoms with E-state index in [-0.39, 0.29) is 0 Å². The molecule has 0 bridgehead atoms. The highest BCUT2D eigenvalue weighted by molar-refractivity contribution is 6.77. The molecule has 0 amide bonds. The normalized spacial score (nSPS) is 26.8. The van der Waals surface area contributed by atoms with E-state index in [4.69, 9.17) is 0 Å². The van der Waals surface area contributed by atoms with Crippen molar-refractivity contribution in [1.29, 1.82) is 0 Å². The minimum atomic E-state index is -1.33. The highest BCUT2D eigenvalue weighted by Gasteiger charge is 2.41. The van der Waals surface area contributed by atoms with Gasteiger partial charge in [-0.1, -0.05) is 60.6 Å². The van der Waals surface area contributed by atoms with Crippen molar-refractivity contribution in [2.45, 2.75) is 84.5 Å². The minimum absolute atomic E-state index is 0.445. The highest BCUT2D eigenvalue weighted by Crippen LogP contribution is 2.40. The molecular formula is C14H31NSi. The minimum Gasteiger partial charge on any atom is -0.334 e. The van der Waals surface area contributed by atoms with Crippen LogP contribution in [0.15, 0.2) is 0 Å². The van der Waals surface area contributed by atoms with Crippen molar-refractivity contribution >= 4 is 8.24 Å². The average Bonchev–Trinajstić information content (AvgIpc) is 2.06. The van der Waals surface area contributed by atoms with Gasteiger partial charge in [0, 0.05) is 6.04 Å². The molecule has 1 unspecified atom stereocenters. The van der Waals surface area contributed by atoms with E-state index >= 15 is 0 Å². The standard InChI is InChI=1S/C14H31NSi/c1-13(2,3)16(6,7)15-12-10-8-9-11-14(12,4)5/h12,15H,8-11H2,1-7H3. The van der Waals surface area contributed by atoms with E-state index in [1.54, 1.807) is 0 Å². The van der Waals surface area contributed by atoms with Crippen molar-refractivity contribution in [3.63, 3.8) is 0 Å². The third-order valence-corrected chi connectivity index (χ3v) is 9.74. The number of rotatable bonds is 2. The molecule has 0 aromatic rings. The molecule has 1 nitrogen and oxygen atoms in total. The Kier molecular flexibility index (Phi) is 3.96. The maximum atomic E-state index is 4.06. The second kappa shape index (κ2) is 4.45. The maximum Gasteiger partial charge on any atom is 0.125 e. The molecule has 0 aromatic carbocycles. The van der Waals surface area contributed by atoms with Crippen LogP contribution in [0, 0.1) is 5.41 Å². The monoisotopic (exact) mass is 241 g/mol. The van der Waals surface area contributed by atoms with E-state index in [0.29, 0.717) is 10.5 Å². The fourth-order valence-corrected chi connectivity index (χ4v) is 4.25. The predicted molar refractivity (Wildman–Crippen MR) is 76.4 cm³/mol. The van der Waals surface area contributed by atoms with Gasteiger partial charge in [-0.15, -0.1) is 0 Å². The second-order valence-corrected chi connectivity index (χ2v) is 12.8. The lowest BCUT2D eigenvalue weighted by Crippen LogP contribution is -2.60. The number of nitrogens with one attached hydrogen (secondary N) is 1. The summed E-state index contributed by atoms with van der Waals surface area (Å²) < 4.78 is 0. The zero-order chi connectivity index (χ0) is 12.6. The number of hydrogen-bond donors (Lipinski definition) is 1. The molecule has 1 N–H and O–H groups in total. The van der Waals surface area contributed by atoms with Crippen molar-refractivity contribution in [2.75, 3.05) is 0 Å². The molecule has 1 rings (SSSR count). The summed E-state index contributed by atoms with van der Waals surface area (Å²) in [4.78, 5) is 4.06. The number of hydrogen-bond acceptors (Lipinski definition) is 1. The molecule has 0 radical (unpaired) electrons. The van der Waals surface area contributed by atoms with Crippen LogP contribution in [0.25, 0.3) is 0 Å². The summed E-state index contributed by atoms with van der Waals surface area (Å²) in [6.45, 7) is 17.0. The van der Waals surface area contributed by atoms with E-state index in [2.05, 4.69) is 52.7 Å². The van der Waals surface area contributed by atoms with Gasteiger partial charge in [-0.3, -0.25) is 0 Å². The van der Waals surface area contributed by atoms with Gasteiger partial charge in [0.1, 0.15) is 8.24 Å². The van der Waals surface area contributed by atoms with Crippen LogP contribution in [-0.2, 0) is 0 Å². The van der Waals surface area contributed by atoms with Crippen LogP contribution >= 0.6 is 0 Å². The molecule has 0 heterocycles. The van der Waals surface area contributed by atoms with Crippen molar-refractivity contribution in [1.82, 2.24) is 4.98 Å². The van der Waals surface area contributed by atoms with E-state index in [1.807, 2.05) is 0 Å². The Bertz CT molecular complexity index is 238. The first kappa shape index (κ1) is 14.2. The van der Waals surface area contributed by atoms with Gasteiger partial charge in [-0.05, 0) is 23.3 Å². The third-order valence-electron chi connectivity index (χ3n) is 4.92. The molecule has 96 valence electrons. The summed E-state index contributed by atoms with van der Waals surface area (Å²) in [5.41, 5.74) is 0.494. The van der Waals surface area contributed by atoms with Gasteiger partial charge >= 0.3 is 0 Å². The summed E-state index contributed by atoms with van der Waals surface area (Å²) in [6.07, 6.45) is 5.59. The first-order chi connectivity index (χ1) is 7.06. The molecule has 0 saturated heterocycles. The molecule has 0 spiro atoms. The third kappa shape index (κ3) is 3.10. The average molecular weight is 241 g/mol. The first-order valence-electron chi connectivity index (χ1n) is 6.84. The molecule has 1 fully saturated rings. The van der Waals surface area contributed by atoms with Gasteiger partial charge in [-0.2, -0.15) is 0 Å². The first-order valence-corrected chi connectivity index (χ1v) is 9.84. The zero-order valence-electron chi connectivity index (χ0n) is 12.4. The van der Waals surface area contributed by atoms with Gasteiger partial charge in [0.25, 0.3) is 0 Å². The Hall–Kier alpha value is 0.177. The largest absolute Gasteiger partial charge is 0.334 e. The van der Waals surface area contributed by atoms with Gasteiger partial charge in [-0.25, -0.2) is 0 Å². The maximum absolute atomic E-state index is 4.06. The van der Waals surface area contributed by atoms with Crippen molar-refractivity contribution in [3.05, 3.63) is 0 Å². The van der Waals surface area contributed by atoms with Crippen LogP contribution in [0.2, 0.25) is 18.1 Å². The van der Waals surface area contributed by atoms with E-state index in [9.17, 15) is 0 Å². The predicted octanol–water partition coefficient (Wildman–Crippen LogP) is 4.55. The molecular weight excluding hydrogens is 210 g/mol. The Morgan fingerprint density at radius 3 is 2.12 bits per heavy atom. The quantitative estimate of drug-likeness (QED) is 0.699. The summed E-state index contributed by atoms with van der Waals surface area (Å²) >= 11 is 0. The van der Waals surface area contributed by atoms with Crippen LogP contribution in [0.5, 0.6) is 0 Å². The second-order valence-electron chi connectivity index (χ2n) is 7.81. The summed E-state index contributed by atoms with van der Waals surface area (Å²) in [5.74, 6) is 0. The van der Waals surface area contributed by atoms with E-state index < -0.39 is 8.24 Å². The fourth-order valence-electron chi connectivity index (χ4n) is 2.41. The van der Waals surface area contributed by atoms with E-state index in [0.717, 1.165) is 6.04 Å². The summed E-state index contributed by atoms with van der Waals surface area (Å²) in [5, 5.41) is 0.445. The van der Waals surface area contributed by atoms with Crippen LogP contribution in [-0.4, -0.2) is 14.3 Å². The summed E-state index contributed by atoms with van der Waals surface area (Å²) in [6, 6.07) is 0.738. The Morgan fingerprint density at radius 2 is 1.69 bits per heavy atom. The van der Waals surface area contributed by atoms with Gasteiger partial charge in [0.15, 0.2) is 0 Å². The Labute approximate surface area is 103 Å². The van der Waals surface area contributed by atoms with Gasteiger partial charge in [0.2, 0.25) is 0 Å². The molecule has 1 saturated carbocycles. The highest BCUT2D eigenvalue weighted by atomic mass is 28.3. The topological polar surface area (TPSA) is 12.0 Å². The van der Waals surface area contributed by atoms with Crippen molar-refractivity contribution < 1.29 is 0 Å². The van der Waals surface area contributed by atoms with Crippen molar-refractivity contribution in [2.24, 2.45) is 5.41 Å². The van der Waals surface area contributed by atoms with Crippen LogP contribution in [0.3, 0.4) is 0 Å². The smallest absolute Gasteiger partial charge is 0.125 e. The lowest BCUT2D eigenvalue weighted by atomic mass is 9.74. The van der Waals surface area contributed by atoms with E-state index in [1.165, 1.54) is 25.7 Å². The molecule has 1 atom stereocenters. The van der Waals surface area contributed by atoms with Crippen LogP contribution < -0.4 is 4.98 Å². The Balaban J connectivity index is 2.72. The van der Waals surface area contributed by atoms with Crippen molar-refractivity contribution in [3.8, 4) is 0 Å². The Morgan fingerprint density at radius 1 is 1.12 bits per heavy atom.